The number of carbonyl (C=O) groups is 1. The Morgan fingerprint density at radius 2 is 1.71 bits per heavy atom. The number of rotatable bonds is 6. The SMILES string of the molecule is N#Cc1ccccc1Oc1ccccc1-c1ccsc1C(=O)N1CCNC[C@H]1Cc1ccccc1. The second-order valence-corrected chi connectivity index (χ2v) is 9.33. The van der Waals surface area contributed by atoms with Crippen molar-refractivity contribution >= 4 is 17.2 Å². The standard InChI is InChI=1S/C29H25N3O2S/c30-19-22-10-4-6-12-26(22)34-27-13-7-5-11-24(27)25-14-17-35-28(25)29(33)32-16-15-31-20-23(32)18-21-8-2-1-3-9-21/h1-14,17,23,31H,15-16,18,20H2/t23-/m1/s1. The molecule has 6 heteroatoms. The van der Waals surface area contributed by atoms with Gasteiger partial charge < -0.3 is 15.0 Å². The molecule has 0 unspecified atom stereocenters. The molecule has 0 radical (unpaired) electrons. The van der Waals surface area contributed by atoms with Crippen LogP contribution in [0.3, 0.4) is 0 Å². The van der Waals surface area contributed by atoms with Crippen molar-refractivity contribution in [1.82, 2.24) is 10.2 Å². The lowest BCUT2D eigenvalue weighted by Crippen LogP contribution is -2.54. The van der Waals surface area contributed by atoms with Gasteiger partial charge in [0.15, 0.2) is 0 Å². The van der Waals surface area contributed by atoms with Crippen molar-refractivity contribution < 1.29 is 9.53 Å². The van der Waals surface area contributed by atoms with Gasteiger partial charge in [0, 0.05) is 36.8 Å². The molecule has 1 atom stereocenters. The summed E-state index contributed by atoms with van der Waals surface area (Å²) in [5.74, 6) is 1.16. The van der Waals surface area contributed by atoms with Gasteiger partial charge in [0.1, 0.15) is 17.6 Å². The first-order chi connectivity index (χ1) is 17.2. The minimum atomic E-state index is 0.0460. The Labute approximate surface area is 209 Å². The molecular weight excluding hydrogens is 454 g/mol. The summed E-state index contributed by atoms with van der Waals surface area (Å²) >= 11 is 1.46. The molecule has 1 aliphatic rings. The molecule has 1 N–H and O–H groups in total. The number of nitriles is 1. The van der Waals surface area contributed by atoms with Gasteiger partial charge in [-0.1, -0.05) is 60.7 Å². The average Bonchev–Trinajstić information content (AvgIpc) is 3.40. The van der Waals surface area contributed by atoms with Gasteiger partial charge in [-0.2, -0.15) is 5.26 Å². The van der Waals surface area contributed by atoms with Crippen LogP contribution in [0.5, 0.6) is 11.5 Å². The third-order valence-corrected chi connectivity index (χ3v) is 7.09. The van der Waals surface area contributed by atoms with Gasteiger partial charge >= 0.3 is 0 Å². The summed E-state index contributed by atoms with van der Waals surface area (Å²) in [6.07, 6.45) is 0.810. The fourth-order valence-corrected chi connectivity index (χ4v) is 5.32. The lowest BCUT2D eigenvalue weighted by atomic mass is 10.0. The van der Waals surface area contributed by atoms with Gasteiger partial charge in [0.25, 0.3) is 5.91 Å². The van der Waals surface area contributed by atoms with Crippen LogP contribution < -0.4 is 10.1 Å². The fourth-order valence-electron chi connectivity index (χ4n) is 4.46. The molecule has 3 aromatic carbocycles. The largest absolute Gasteiger partial charge is 0.455 e. The zero-order valence-corrected chi connectivity index (χ0v) is 20.0. The second kappa shape index (κ2) is 10.6. The Morgan fingerprint density at radius 1 is 0.971 bits per heavy atom. The van der Waals surface area contributed by atoms with E-state index >= 15 is 0 Å². The molecule has 5 rings (SSSR count). The van der Waals surface area contributed by atoms with Crippen molar-refractivity contribution in [2.24, 2.45) is 0 Å². The maximum absolute atomic E-state index is 13.9. The quantitative estimate of drug-likeness (QED) is 0.383. The molecular formula is C29H25N3O2S. The van der Waals surface area contributed by atoms with Gasteiger partial charge in [-0.3, -0.25) is 4.79 Å². The van der Waals surface area contributed by atoms with E-state index < -0.39 is 0 Å². The van der Waals surface area contributed by atoms with Gasteiger partial charge in [0.05, 0.1) is 10.4 Å². The number of carbonyl (C=O) groups excluding carboxylic acids is 1. The number of benzene rings is 3. The minimum absolute atomic E-state index is 0.0460. The van der Waals surface area contributed by atoms with Gasteiger partial charge in [0.2, 0.25) is 0 Å². The Balaban J connectivity index is 1.45. The molecule has 0 saturated carbocycles. The van der Waals surface area contributed by atoms with Crippen molar-refractivity contribution in [3.8, 4) is 28.7 Å². The second-order valence-electron chi connectivity index (χ2n) is 8.42. The molecule has 0 bridgehead atoms. The molecule has 0 spiro atoms. The van der Waals surface area contributed by atoms with E-state index in [9.17, 15) is 10.1 Å². The number of hydrogen-bond acceptors (Lipinski definition) is 5. The number of nitrogens with one attached hydrogen (secondary N) is 1. The maximum Gasteiger partial charge on any atom is 0.264 e. The molecule has 1 saturated heterocycles. The van der Waals surface area contributed by atoms with Crippen LogP contribution >= 0.6 is 11.3 Å². The Kier molecular flexibility index (Phi) is 6.89. The van der Waals surface area contributed by atoms with Crippen molar-refractivity contribution in [2.75, 3.05) is 19.6 Å². The lowest BCUT2D eigenvalue weighted by molar-refractivity contribution is 0.0642. The van der Waals surface area contributed by atoms with E-state index in [1.165, 1.54) is 16.9 Å². The molecule has 1 amide bonds. The Bertz CT molecular complexity index is 1360. The van der Waals surface area contributed by atoms with Crippen LogP contribution in [0.1, 0.15) is 20.8 Å². The normalized spacial score (nSPS) is 15.4. The zero-order valence-electron chi connectivity index (χ0n) is 19.2. The third kappa shape index (κ3) is 4.97. The Morgan fingerprint density at radius 3 is 2.54 bits per heavy atom. The first kappa shape index (κ1) is 22.9. The summed E-state index contributed by atoms with van der Waals surface area (Å²) in [4.78, 5) is 16.6. The van der Waals surface area contributed by atoms with E-state index in [4.69, 9.17) is 4.74 Å². The Hall–Kier alpha value is -3.92. The van der Waals surface area contributed by atoms with E-state index in [2.05, 4.69) is 23.5 Å². The summed E-state index contributed by atoms with van der Waals surface area (Å²) in [6, 6.07) is 29.4. The highest BCUT2D eigenvalue weighted by molar-refractivity contribution is 7.12. The van der Waals surface area contributed by atoms with Gasteiger partial charge in [-0.05, 0) is 41.6 Å². The molecule has 1 aliphatic heterocycles. The van der Waals surface area contributed by atoms with Crippen LogP contribution in [0, 0.1) is 11.3 Å². The monoisotopic (exact) mass is 479 g/mol. The van der Waals surface area contributed by atoms with Crippen LogP contribution in [0.25, 0.3) is 11.1 Å². The van der Waals surface area contributed by atoms with Crippen LogP contribution in [-0.4, -0.2) is 36.5 Å². The lowest BCUT2D eigenvalue weighted by Gasteiger charge is -2.36. The van der Waals surface area contributed by atoms with Crippen LogP contribution in [0.2, 0.25) is 0 Å². The summed E-state index contributed by atoms with van der Waals surface area (Å²) in [5, 5.41) is 14.9. The summed E-state index contributed by atoms with van der Waals surface area (Å²) in [6.45, 7) is 2.22. The van der Waals surface area contributed by atoms with Crippen LogP contribution in [0.15, 0.2) is 90.3 Å². The molecule has 2 heterocycles. The van der Waals surface area contributed by atoms with Crippen molar-refractivity contribution in [3.05, 3.63) is 106 Å². The summed E-state index contributed by atoms with van der Waals surface area (Å²) < 4.78 is 6.18. The fraction of sp³-hybridized carbons (Fsp3) is 0.172. The highest BCUT2D eigenvalue weighted by Gasteiger charge is 2.30. The average molecular weight is 480 g/mol. The van der Waals surface area contributed by atoms with Crippen molar-refractivity contribution in [2.45, 2.75) is 12.5 Å². The summed E-state index contributed by atoms with van der Waals surface area (Å²) in [5.41, 5.74) is 3.37. The predicted octanol–water partition coefficient (Wildman–Crippen LogP) is 5.74. The number of piperazine rings is 1. The maximum atomic E-state index is 13.9. The van der Waals surface area contributed by atoms with E-state index in [1.807, 2.05) is 70.9 Å². The van der Waals surface area contributed by atoms with Crippen molar-refractivity contribution in [1.29, 1.82) is 5.26 Å². The van der Waals surface area contributed by atoms with Crippen molar-refractivity contribution in [3.63, 3.8) is 0 Å². The highest BCUT2D eigenvalue weighted by Crippen LogP contribution is 2.38. The summed E-state index contributed by atoms with van der Waals surface area (Å²) in [7, 11) is 0. The molecule has 1 aromatic heterocycles. The van der Waals surface area contributed by atoms with E-state index in [0.717, 1.165) is 30.6 Å². The van der Waals surface area contributed by atoms with E-state index in [1.54, 1.807) is 12.1 Å². The predicted molar refractivity (Wildman–Crippen MR) is 139 cm³/mol. The third-order valence-electron chi connectivity index (χ3n) is 6.19. The molecule has 5 nitrogen and oxygen atoms in total. The number of nitrogens with zero attached hydrogens (tertiary/aromatic N) is 2. The highest BCUT2D eigenvalue weighted by atomic mass is 32.1. The molecule has 4 aromatic rings. The first-order valence-corrected chi connectivity index (χ1v) is 12.5. The minimum Gasteiger partial charge on any atom is -0.455 e. The number of amides is 1. The number of thiophene rings is 1. The molecule has 35 heavy (non-hydrogen) atoms. The molecule has 174 valence electrons. The topological polar surface area (TPSA) is 65.4 Å². The van der Waals surface area contributed by atoms with E-state index in [-0.39, 0.29) is 11.9 Å². The molecule has 1 fully saturated rings. The molecule has 0 aliphatic carbocycles. The number of ether oxygens (including phenoxy) is 1. The number of para-hydroxylation sites is 2. The first-order valence-electron chi connectivity index (χ1n) is 11.6. The van der Waals surface area contributed by atoms with Crippen LogP contribution in [-0.2, 0) is 6.42 Å². The van der Waals surface area contributed by atoms with Gasteiger partial charge in [-0.25, -0.2) is 0 Å². The number of hydrogen-bond donors (Lipinski definition) is 1. The zero-order chi connectivity index (χ0) is 24.0. The smallest absolute Gasteiger partial charge is 0.264 e. The van der Waals surface area contributed by atoms with Crippen LogP contribution in [0.4, 0.5) is 0 Å². The van der Waals surface area contributed by atoms with Gasteiger partial charge in [-0.15, -0.1) is 11.3 Å². The van der Waals surface area contributed by atoms with E-state index in [0.29, 0.717) is 28.5 Å².